The molecule has 6 heteroatoms. The van der Waals surface area contributed by atoms with Crippen LogP contribution in [0.1, 0.15) is 36.4 Å². The van der Waals surface area contributed by atoms with Crippen LogP contribution in [0.2, 0.25) is 0 Å². The Morgan fingerprint density at radius 1 is 1.27 bits per heavy atom. The number of methoxy groups -OCH3 is 1. The van der Waals surface area contributed by atoms with Gasteiger partial charge in [-0.3, -0.25) is 9.69 Å². The van der Waals surface area contributed by atoms with Crippen molar-refractivity contribution in [2.24, 2.45) is 0 Å². The summed E-state index contributed by atoms with van der Waals surface area (Å²) in [6.07, 6.45) is 2.35. The van der Waals surface area contributed by atoms with Crippen LogP contribution in [0.3, 0.4) is 0 Å². The Hall–Kier alpha value is -1.92. The minimum Gasteiger partial charge on any atom is -0.496 e. The van der Waals surface area contributed by atoms with Gasteiger partial charge in [-0.25, -0.2) is 4.39 Å². The van der Waals surface area contributed by atoms with Crippen LogP contribution in [0.15, 0.2) is 46.9 Å². The van der Waals surface area contributed by atoms with Gasteiger partial charge < -0.3 is 9.84 Å². The standard InChI is InChI=1S/C20H21BrFNO3/c1-26-18-10-9-13(22)12-15(18)19(14-6-2-3-7-16(14)21)23-11-5-4-8-17(23)20(24)25/h2-3,6-7,9-10,12,17,19H,4-5,8,11H2,1H3,(H,24,25). The molecule has 0 amide bonds. The van der Waals surface area contributed by atoms with Crippen molar-refractivity contribution in [3.8, 4) is 5.75 Å². The second kappa shape index (κ2) is 8.18. The lowest BCUT2D eigenvalue weighted by Gasteiger charge is -2.40. The molecule has 0 bridgehead atoms. The number of hydrogen-bond donors (Lipinski definition) is 1. The molecule has 0 aliphatic carbocycles. The lowest BCUT2D eigenvalue weighted by molar-refractivity contribution is -0.145. The largest absolute Gasteiger partial charge is 0.496 e. The molecule has 0 spiro atoms. The molecule has 1 aliphatic rings. The van der Waals surface area contributed by atoms with Crippen molar-refractivity contribution < 1.29 is 19.0 Å². The van der Waals surface area contributed by atoms with E-state index in [9.17, 15) is 14.3 Å². The average Bonchev–Trinajstić information content (AvgIpc) is 2.64. The van der Waals surface area contributed by atoms with Gasteiger partial charge in [-0.2, -0.15) is 0 Å². The second-order valence-corrected chi connectivity index (χ2v) is 7.25. The van der Waals surface area contributed by atoms with Crippen molar-refractivity contribution in [3.63, 3.8) is 0 Å². The monoisotopic (exact) mass is 421 g/mol. The predicted molar refractivity (Wildman–Crippen MR) is 101 cm³/mol. The summed E-state index contributed by atoms with van der Waals surface area (Å²) in [6, 6.07) is 11.0. The number of likely N-dealkylation sites (tertiary alicyclic amines) is 1. The maximum atomic E-state index is 14.1. The van der Waals surface area contributed by atoms with E-state index in [0.717, 1.165) is 22.9 Å². The number of halogens is 2. The molecule has 2 aromatic rings. The number of carbonyl (C=O) groups is 1. The van der Waals surface area contributed by atoms with E-state index >= 15 is 0 Å². The van der Waals surface area contributed by atoms with Gasteiger partial charge in [0, 0.05) is 10.0 Å². The van der Waals surface area contributed by atoms with Gasteiger partial charge in [0.2, 0.25) is 0 Å². The van der Waals surface area contributed by atoms with E-state index in [0.29, 0.717) is 24.3 Å². The Morgan fingerprint density at radius 2 is 2.04 bits per heavy atom. The maximum absolute atomic E-state index is 14.1. The van der Waals surface area contributed by atoms with Crippen molar-refractivity contribution >= 4 is 21.9 Å². The number of piperidine rings is 1. The number of ether oxygens (including phenoxy) is 1. The topological polar surface area (TPSA) is 49.8 Å². The number of carboxylic acids is 1. The third kappa shape index (κ3) is 3.76. The third-order valence-corrected chi connectivity index (χ3v) is 5.57. The summed E-state index contributed by atoms with van der Waals surface area (Å²) >= 11 is 3.57. The predicted octanol–water partition coefficient (Wildman–Crippen LogP) is 4.63. The van der Waals surface area contributed by atoms with Gasteiger partial charge in [0.05, 0.1) is 13.2 Å². The highest BCUT2D eigenvalue weighted by Crippen LogP contribution is 2.41. The number of benzene rings is 2. The fourth-order valence-electron chi connectivity index (χ4n) is 3.67. The first-order chi connectivity index (χ1) is 12.5. The first-order valence-corrected chi connectivity index (χ1v) is 9.38. The summed E-state index contributed by atoms with van der Waals surface area (Å²) in [5, 5.41) is 9.74. The van der Waals surface area contributed by atoms with Crippen LogP contribution in [-0.4, -0.2) is 35.7 Å². The molecule has 2 atom stereocenters. The van der Waals surface area contributed by atoms with Crippen molar-refractivity contribution in [3.05, 3.63) is 63.9 Å². The number of carboxylic acid groups (broad SMARTS) is 1. The van der Waals surface area contributed by atoms with Crippen molar-refractivity contribution in [1.82, 2.24) is 4.90 Å². The molecular formula is C20H21BrFNO3. The number of rotatable bonds is 5. The molecule has 4 nitrogen and oxygen atoms in total. The van der Waals surface area contributed by atoms with Crippen molar-refractivity contribution in [1.29, 1.82) is 0 Å². The molecule has 2 unspecified atom stereocenters. The highest BCUT2D eigenvalue weighted by atomic mass is 79.9. The Morgan fingerprint density at radius 3 is 2.73 bits per heavy atom. The molecule has 0 aromatic heterocycles. The Kier molecular flexibility index (Phi) is 5.94. The van der Waals surface area contributed by atoms with Crippen LogP contribution < -0.4 is 4.74 Å². The molecule has 1 aliphatic heterocycles. The van der Waals surface area contributed by atoms with E-state index in [1.165, 1.54) is 12.1 Å². The van der Waals surface area contributed by atoms with Crippen molar-refractivity contribution in [2.75, 3.05) is 13.7 Å². The van der Waals surface area contributed by atoms with Gasteiger partial charge >= 0.3 is 5.97 Å². The molecule has 1 saturated heterocycles. The second-order valence-electron chi connectivity index (χ2n) is 6.40. The zero-order chi connectivity index (χ0) is 18.7. The minimum absolute atomic E-state index is 0.373. The normalized spacial score (nSPS) is 19.1. The molecule has 1 N–H and O–H groups in total. The molecule has 0 radical (unpaired) electrons. The van der Waals surface area contributed by atoms with Crippen LogP contribution >= 0.6 is 15.9 Å². The fraction of sp³-hybridized carbons (Fsp3) is 0.350. The van der Waals surface area contributed by atoms with Crippen LogP contribution in [0.4, 0.5) is 4.39 Å². The van der Waals surface area contributed by atoms with Gasteiger partial charge in [-0.15, -0.1) is 0 Å². The lowest BCUT2D eigenvalue weighted by atomic mass is 9.91. The average molecular weight is 422 g/mol. The Balaban J connectivity index is 2.19. The van der Waals surface area contributed by atoms with Gasteiger partial charge in [0.25, 0.3) is 0 Å². The first-order valence-electron chi connectivity index (χ1n) is 8.59. The summed E-state index contributed by atoms with van der Waals surface area (Å²) < 4.78 is 20.4. The molecule has 138 valence electrons. The molecule has 3 rings (SSSR count). The summed E-state index contributed by atoms with van der Waals surface area (Å²) in [5.41, 5.74) is 1.53. The Labute approximate surface area is 160 Å². The molecular weight excluding hydrogens is 401 g/mol. The van der Waals surface area contributed by atoms with E-state index in [1.54, 1.807) is 13.2 Å². The Bertz CT molecular complexity index is 798. The van der Waals surface area contributed by atoms with Gasteiger partial charge in [0.15, 0.2) is 0 Å². The molecule has 0 saturated carbocycles. The number of aliphatic carboxylic acids is 1. The van der Waals surface area contributed by atoms with Gasteiger partial charge in [-0.1, -0.05) is 40.5 Å². The summed E-state index contributed by atoms with van der Waals surface area (Å²) in [5.74, 6) is -0.680. The molecule has 1 heterocycles. The van der Waals surface area contributed by atoms with E-state index in [4.69, 9.17) is 4.74 Å². The third-order valence-electron chi connectivity index (χ3n) is 4.85. The first kappa shape index (κ1) is 18.9. The van der Waals surface area contributed by atoms with Crippen LogP contribution in [0.25, 0.3) is 0 Å². The highest BCUT2D eigenvalue weighted by Gasteiger charge is 2.37. The molecule has 2 aromatic carbocycles. The number of nitrogens with zero attached hydrogens (tertiary/aromatic N) is 1. The van der Waals surface area contributed by atoms with E-state index in [2.05, 4.69) is 15.9 Å². The summed E-state index contributed by atoms with van der Waals surface area (Å²) in [6.45, 7) is 0.628. The van der Waals surface area contributed by atoms with Crippen molar-refractivity contribution in [2.45, 2.75) is 31.3 Å². The minimum atomic E-state index is -0.850. The SMILES string of the molecule is COc1ccc(F)cc1C(c1ccccc1Br)N1CCCCC1C(=O)O. The zero-order valence-corrected chi connectivity index (χ0v) is 16.1. The van der Waals surface area contributed by atoms with E-state index in [1.807, 2.05) is 29.2 Å². The molecule has 26 heavy (non-hydrogen) atoms. The highest BCUT2D eigenvalue weighted by molar-refractivity contribution is 9.10. The van der Waals surface area contributed by atoms with Crippen LogP contribution in [0.5, 0.6) is 5.75 Å². The maximum Gasteiger partial charge on any atom is 0.320 e. The smallest absolute Gasteiger partial charge is 0.320 e. The van der Waals surface area contributed by atoms with E-state index < -0.39 is 18.1 Å². The molecule has 1 fully saturated rings. The quantitative estimate of drug-likeness (QED) is 0.764. The van der Waals surface area contributed by atoms with Crippen LogP contribution in [0, 0.1) is 5.82 Å². The number of hydrogen-bond acceptors (Lipinski definition) is 3. The lowest BCUT2D eigenvalue weighted by Crippen LogP contribution is -2.47. The van der Waals surface area contributed by atoms with Gasteiger partial charge in [0.1, 0.15) is 17.6 Å². The van der Waals surface area contributed by atoms with E-state index in [-0.39, 0.29) is 5.82 Å². The zero-order valence-electron chi connectivity index (χ0n) is 14.5. The summed E-state index contributed by atoms with van der Waals surface area (Å²) in [7, 11) is 1.54. The summed E-state index contributed by atoms with van der Waals surface area (Å²) in [4.78, 5) is 13.8. The fourth-order valence-corrected chi connectivity index (χ4v) is 4.17. The van der Waals surface area contributed by atoms with Gasteiger partial charge in [-0.05, 0) is 49.2 Å². The van der Waals surface area contributed by atoms with Crippen LogP contribution in [-0.2, 0) is 4.79 Å².